The van der Waals surface area contributed by atoms with Crippen LogP contribution >= 0.6 is 24.0 Å². The Morgan fingerprint density at radius 1 is 1.19 bits per heavy atom. The van der Waals surface area contributed by atoms with Gasteiger partial charge < -0.3 is 10.5 Å². The van der Waals surface area contributed by atoms with E-state index >= 15 is 0 Å². The number of hydrogen-bond donors (Lipinski definition) is 1. The third-order valence-electron chi connectivity index (χ3n) is 3.10. The maximum Gasteiger partial charge on any atom is 0.322 e. The average Bonchev–Trinajstić information content (AvgIpc) is 2.48. The molecule has 0 aliphatic rings. The van der Waals surface area contributed by atoms with Gasteiger partial charge in [-0.25, -0.2) is 0 Å². The number of hydrogen-bond acceptors (Lipinski definition) is 3. The SMILES string of the molecule is COC(=O)[C@@H](N)Cc1ccc(-c2ccccc2Cl)cc1.Cl. The molecule has 2 aromatic carbocycles. The van der Waals surface area contributed by atoms with Crippen molar-refractivity contribution in [2.24, 2.45) is 5.73 Å². The number of ether oxygens (including phenoxy) is 1. The lowest BCUT2D eigenvalue weighted by Crippen LogP contribution is -2.33. The fourth-order valence-electron chi connectivity index (χ4n) is 2.00. The van der Waals surface area contributed by atoms with Gasteiger partial charge in [0, 0.05) is 10.6 Å². The first-order chi connectivity index (χ1) is 9.61. The molecular weight excluding hydrogens is 309 g/mol. The summed E-state index contributed by atoms with van der Waals surface area (Å²) in [6, 6.07) is 14.9. The Bertz CT molecular complexity index is 599. The third-order valence-corrected chi connectivity index (χ3v) is 3.43. The second kappa shape index (κ2) is 8.03. The zero-order chi connectivity index (χ0) is 14.5. The van der Waals surface area contributed by atoms with E-state index in [1.807, 2.05) is 48.5 Å². The largest absolute Gasteiger partial charge is 0.468 e. The summed E-state index contributed by atoms with van der Waals surface area (Å²) in [4.78, 5) is 11.3. The monoisotopic (exact) mass is 325 g/mol. The number of rotatable bonds is 4. The standard InChI is InChI=1S/C16H16ClNO2.ClH/c1-20-16(19)15(18)10-11-6-8-12(9-7-11)13-4-2-3-5-14(13)17;/h2-9,15H,10,18H2,1H3;1H/t15-;/m0./s1. The fraction of sp³-hybridized carbons (Fsp3) is 0.188. The number of carbonyl (C=O) groups excluding carboxylic acids is 1. The predicted molar refractivity (Wildman–Crippen MR) is 87.8 cm³/mol. The van der Waals surface area contributed by atoms with Crippen molar-refractivity contribution in [1.82, 2.24) is 0 Å². The van der Waals surface area contributed by atoms with Crippen molar-refractivity contribution in [3.8, 4) is 11.1 Å². The minimum absolute atomic E-state index is 0. The molecule has 0 saturated heterocycles. The van der Waals surface area contributed by atoms with Crippen LogP contribution in [0, 0.1) is 0 Å². The van der Waals surface area contributed by atoms with Gasteiger partial charge in [-0.05, 0) is 23.6 Å². The zero-order valence-corrected chi connectivity index (χ0v) is 13.2. The Hall–Kier alpha value is -1.55. The van der Waals surface area contributed by atoms with Crippen molar-refractivity contribution >= 4 is 30.0 Å². The molecule has 0 aromatic heterocycles. The summed E-state index contributed by atoms with van der Waals surface area (Å²) in [5.41, 5.74) is 8.74. The van der Waals surface area contributed by atoms with E-state index in [-0.39, 0.29) is 12.4 Å². The highest BCUT2D eigenvalue weighted by Gasteiger charge is 2.14. The summed E-state index contributed by atoms with van der Waals surface area (Å²) >= 11 is 6.16. The number of carbonyl (C=O) groups is 1. The van der Waals surface area contributed by atoms with E-state index in [1.165, 1.54) is 7.11 Å². The second-order valence-electron chi connectivity index (χ2n) is 4.51. The van der Waals surface area contributed by atoms with E-state index in [1.54, 1.807) is 0 Å². The number of benzene rings is 2. The summed E-state index contributed by atoms with van der Waals surface area (Å²) in [7, 11) is 1.34. The van der Waals surface area contributed by atoms with Gasteiger partial charge in [0.1, 0.15) is 6.04 Å². The minimum atomic E-state index is -0.633. The van der Waals surface area contributed by atoms with E-state index < -0.39 is 12.0 Å². The molecule has 1 atom stereocenters. The first kappa shape index (κ1) is 17.5. The smallest absolute Gasteiger partial charge is 0.322 e. The zero-order valence-electron chi connectivity index (χ0n) is 11.6. The van der Waals surface area contributed by atoms with Crippen LogP contribution in [0.15, 0.2) is 48.5 Å². The quantitative estimate of drug-likeness (QED) is 0.875. The summed E-state index contributed by atoms with van der Waals surface area (Å²) in [6.45, 7) is 0. The lowest BCUT2D eigenvalue weighted by atomic mass is 10.0. The molecule has 5 heteroatoms. The first-order valence-electron chi connectivity index (χ1n) is 6.29. The lowest BCUT2D eigenvalue weighted by molar-refractivity contribution is -0.142. The molecule has 0 bridgehead atoms. The summed E-state index contributed by atoms with van der Waals surface area (Å²) in [6.07, 6.45) is 0.454. The highest BCUT2D eigenvalue weighted by atomic mass is 35.5. The van der Waals surface area contributed by atoms with Gasteiger partial charge in [-0.2, -0.15) is 0 Å². The van der Waals surface area contributed by atoms with Crippen LogP contribution in [0.2, 0.25) is 5.02 Å². The molecule has 2 aromatic rings. The van der Waals surface area contributed by atoms with E-state index in [9.17, 15) is 4.79 Å². The van der Waals surface area contributed by atoms with Gasteiger partial charge >= 0.3 is 5.97 Å². The van der Waals surface area contributed by atoms with Crippen LogP contribution in [-0.4, -0.2) is 19.1 Å². The van der Waals surface area contributed by atoms with Crippen molar-refractivity contribution in [1.29, 1.82) is 0 Å². The van der Waals surface area contributed by atoms with Crippen molar-refractivity contribution < 1.29 is 9.53 Å². The molecule has 112 valence electrons. The molecule has 0 saturated carbocycles. The van der Waals surface area contributed by atoms with Crippen molar-refractivity contribution in [3.05, 3.63) is 59.1 Å². The van der Waals surface area contributed by atoms with Crippen LogP contribution in [0.4, 0.5) is 0 Å². The van der Waals surface area contributed by atoms with Gasteiger partial charge in [-0.1, -0.05) is 54.1 Å². The topological polar surface area (TPSA) is 52.3 Å². The van der Waals surface area contributed by atoms with Gasteiger partial charge in [0.2, 0.25) is 0 Å². The van der Waals surface area contributed by atoms with E-state index in [2.05, 4.69) is 4.74 Å². The van der Waals surface area contributed by atoms with E-state index in [4.69, 9.17) is 17.3 Å². The number of methoxy groups -OCH3 is 1. The Morgan fingerprint density at radius 3 is 2.38 bits per heavy atom. The van der Waals surface area contributed by atoms with Crippen LogP contribution in [0.1, 0.15) is 5.56 Å². The summed E-state index contributed by atoms with van der Waals surface area (Å²) < 4.78 is 4.61. The molecule has 0 fully saturated rings. The Kier molecular flexibility index (Phi) is 6.69. The minimum Gasteiger partial charge on any atom is -0.468 e. The van der Waals surface area contributed by atoms with Crippen molar-refractivity contribution in [2.75, 3.05) is 7.11 Å². The maximum atomic E-state index is 11.3. The molecule has 0 aliphatic heterocycles. The lowest BCUT2D eigenvalue weighted by Gasteiger charge is -2.10. The molecule has 0 unspecified atom stereocenters. The van der Waals surface area contributed by atoms with E-state index in [0.717, 1.165) is 16.7 Å². The van der Waals surface area contributed by atoms with Gasteiger partial charge in [0.05, 0.1) is 7.11 Å². The number of halogens is 2. The summed E-state index contributed by atoms with van der Waals surface area (Å²) in [5.74, 6) is -0.403. The molecule has 3 nitrogen and oxygen atoms in total. The predicted octanol–water partition coefficient (Wildman–Crippen LogP) is 3.47. The average molecular weight is 326 g/mol. The highest BCUT2D eigenvalue weighted by Crippen LogP contribution is 2.27. The summed E-state index contributed by atoms with van der Waals surface area (Å²) in [5, 5.41) is 0.714. The third kappa shape index (κ3) is 4.46. The van der Waals surface area contributed by atoms with Crippen LogP contribution in [-0.2, 0) is 16.0 Å². The molecule has 2 N–H and O–H groups in total. The van der Waals surface area contributed by atoms with Gasteiger partial charge in [0.25, 0.3) is 0 Å². The first-order valence-corrected chi connectivity index (χ1v) is 6.67. The van der Waals surface area contributed by atoms with Crippen LogP contribution in [0.3, 0.4) is 0 Å². The maximum absolute atomic E-state index is 11.3. The number of nitrogens with two attached hydrogens (primary N) is 1. The molecule has 21 heavy (non-hydrogen) atoms. The molecular formula is C16H17Cl2NO2. The Morgan fingerprint density at radius 2 is 1.81 bits per heavy atom. The van der Waals surface area contributed by atoms with Gasteiger partial charge in [-0.3, -0.25) is 4.79 Å². The van der Waals surface area contributed by atoms with Crippen molar-refractivity contribution in [2.45, 2.75) is 12.5 Å². The van der Waals surface area contributed by atoms with E-state index in [0.29, 0.717) is 11.4 Å². The molecule has 2 rings (SSSR count). The Balaban J connectivity index is 0.00000220. The van der Waals surface area contributed by atoms with Crippen LogP contribution < -0.4 is 5.73 Å². The fourth-order valence-corrected chi connectivity index (χ4v) is 2.25. The van der Waals surface area contributed by atoms with Crippen molar-refractivity contribution in [3.63, 3.8) is 0 Å². The molecule has 0 aliphatic carbocycles. The highest BCUT2D eigenvalue weighted by molar-refractivity contribution is 6.33. The van der Waals surface area contributed by atoms with Crippen LogP contribution in [0.25, 0.3) is 11.1 Å². The van der Waals surface area contributed by atoms with Crippen LogP contribution in [0.5, 0.6) is 0 Å². The normalized spacial score (nSPS) is 11.4. The van der Waals surface area contributed by atoms with Gasteiger partial charge in [0.15, 0.2) is 0 Å². The number of esters is 1. The molecule has 0 radical (unpaired) electrons. The van der Waals surface area contributed by atoms with Gasteiger partial charge in [-0.15, -0.1) is 12.4 Å². The Labute approximate surface area is 135 Å². The molecule has 0 heterocycles. The molecule has 0 spiro atoms. The molecule has 0 amide bonds. The second-order valence-corrected chi connectivity index (χ2v) is 4.92.